The Bertz CT molecular complexity index is 485. The Morgan fingerprint density at radius 3 is 3.00 bits per heavy atom. The number of nitrogens with zero attached hydrogens (tertiary/aromatic N) is 5. The van der Waals surface area contributed by atoms with Gasteiger partial charge in [0, 0.05) is 12.4 Å². The Hall–Kier alpha value is -1.95. The molecule has 0 saturated heterocycles. The molecular formula is C9H8ClN5O. The fourth-order valence-electron chi connectivity index (χ4n) is 1.01. The Morgan fingerprint density at radius 1 is 1.44 bits per heavy atom. The standard InChI is InChI=1S/C9H8ClN5O/c1-2-6-16-9-13-7(10)12-8(14-9)15-5-3-4-11-15/h2-5H,1,6H2. The molecule has 0 atom stereocenters. The molecule has 0 aliphatic rings. The third kappa shape index (κ3) is 2.34. The molecule has 16 heavy (non-hydrogen) atoms. The number of aromatic nitrogens is 5. The second-order valence-corrected chi connectivity index (χ2v) is 3.08. The molecule has 0 aliphatic heterocycles. The molecule has 82 valence electrons. The van der Waals surface area contributed by atoms with E-state index < -0.39 is 0 Å². The summed E-state index contributed by atoms with van der Waals surface area (Å²) >= 11 is 5.74. The molecular weight excluding hydrogens is 230 g/mol. The van der Waals surface area contributed by atoms with Gasteiger partial charge >= 0.3 is 6.01 Å². The van der Waals surface area contributed by atoms with E-state index in [0.29, 0.717) is 12.6 Å². The highest BCUT2D eigenvalue weighted by atomic mass is 35.5. The van der Waals surface area contributed by atoms with E-state index >= 15 is 0 Å². The van der Waals surface area contributed by atoms with Crippen LogP contribution in [0.15, 0.2) is 31.1 Å². The molecule has 0 spiro atoms. The van der Waals surface area contributed by atoms with Gasteiger partial charge in [-0.3, -0.25) is 0 Å². The van der Waals surface area contributed by atoms with Crippen LogP contribution in [0.4, 0.5) is 0 Å². The maximum absolute atomic E-state index is 5.74. The number of ether oxygens (including phenoxy) is 1. The van der Waals surface area contributed by atoms with Crippen LogP contribution in [0.1, 0.15) is 0 Å². The highest BCUT2D eigenvalue weighted by Gasteiger charge is 2.07. The second-order valence-electron chi connectivity index (χ2n) is 2.74. The predicted molar refractivity (Wildman–Crippen MR) is 57.7 cm³/mol. The van der Waals surface area contributed by atoms with E-state index in [9.17, 15) is 0 Å². The van der Waals surface area contributed by atoms with Gasteiger partial charge in [-0.25, -0.2) is 4.68 Å². The first-order chi connectivity index (χ1) is 7.79. The van der Waals surface area contributed by atoms with Gasteiger partial charge < -0.3 is 4.74 Å². The summed E-state index contributed by atoms with van der Waals surface area (Å²) in [4.78, 5) is 11.8. The van der Waals surface area contributed by atoms with E-state index in [2.05, 4.69) is 26.6 Å². The first-order valence-corrected chi connectivity index (χ1v) is 4.82. The van der Waals surface area contributed by atoms with Gasteiger partial charge in [0.25, 0.3) is 5.95 Å². The van der Waals surface area contributed by atoms with E-state index in [1.165, 1.54) is 4.68 Å². The minimum absolute atomic E-state index is 0.0552. The van der Waals surface area contributed by atoms with Crippen molar-refractivity contribution in [1.29, 1.82) is 0 Å². The van der Waals surface area contributed by atoms with E-state index in [-0.39, 0.29) is 11.3 Å². The zero-order chi connectivity index (χ0) is 11.4. The SMILES string of the molecule is C=CCOc1nc(Cl)nc(-n2cccn2)n1. The van der Waals surface area contributed by atoms with Crippen molar-refractivity contribution >= 4 is 11.6 Å². The molecule has 0 radical (unpaired) electrons. The van der Waals surface area contributed by atoms with Crippen molar-refractivity contribution in [3.63, 3.8) is 0 Å². The van der Waals surface area contributed by atoms with Crippen molar-refractivity contribution < 1.29 is 4.74 Å². The molecule has 2 heterocycles. The van der Waals surface area contributed by atoms with Gasteiger partial charge in [-0.15, -0.1) is 0 Å². The molecule has 2 aromatic rings. The minimum Gasteiger partial charge on any atom is -0.459 e. The maximum Gasteiger partial charge on any atom is 0.322 e. The predicted octanol–water partition coefficient (Wildman–Crippen LogP) is 1.28. The van der Waals surface area contributed by atoms with Gasteiger partial charge in [0.2, 0.25) is 5.28 Å². The average Bonchev–Trinajstić information content (AvgIpc) is 2.79. The molecule has 0 N–H and O–H groups in total. The zero-order valence-electron chi connectivity index (χ0n) is 8.25. The Labute approximate surface area is 96.6 Å². The normalized spacial score (nSPS) is 10.1. The summed E-state index contributed by atoms with van der Waals surface area (Å²) in [7, 11) is 0. The van der Waals surface area contributed by atoms with Gasteiger partial charge in [-0.05, 0) is 17.7 Å². The van der Waals surface area contributed by atoms with Crippen LogP contribution in [0.2, 0.25) is 5.28 Å². The number of hydrogen-bond acceptors (Lipinski definition) is 5. The zero-order valence-corrected chi connectivity index (χ0v) is 9.00. The van der Waals surface area contributed by atoms with E-state index in [1.807, 2.05) is 0 Å². The second kappa shape index (κ2) is 4.71. The number of halogens is 1. The van der Waals surface area contributed by atoms with Gasteiger partial charge in [0.05, 0.1) is 0 Å². The summed E-state index contributed by atoms with van der Waals surface area (Å²) in [5.41, 5.74) is 0. The lowest BCUT2D eigenvalue weighted by Gasteiger charge is -2.03. The number of rotatable bonds is 4. The molecule has 0 aromatic carbocycles. The van der Waals surface area contributed by atoms with Crippen molar-refractivity contribution in [3.8, 4) is 12.0 Å². The summed E-state index contributed by atoms with van der Waals surface area (Å²) in [6, 6.07) is 1.90. The molecule has 0 amide bonds. The van der Waals surface area contributed by atoms with Crippen molar-refractivity contribution in [1.82, 2.24) is 24.7 Å². The summed E-state index contributed by atoms with van der Waals surface area (Å²) in [5.74, 6) is 0.309. The van der Waals surface area contributed by atoms with Gasteiger partial charge in [-0.1, -0.05) is 12.7 Å². The Kier molecular flexibility index (Phi) is 3.11. The van der Waals surface area contributed by atoms with Crippen LogP contribution in [-0.2, 0) is 0 Å². The average molecular weight is 238 g/mol. The molecule has 0 saturated carbocycles. The monoisotopic (exact) mass is 237 g/mol. The summed E-state index contributed by atoms with van der Waals surface area (Å²) in [5, 5.41) is 4.03. The number of hydrogen-bond donors (Lipinski definition) is 0. The van der Waals surface area contributed by atoms with Crippen LogP contribution in [0.3, 0.4) is 0 Å². The van der Waals surface area contributed by atoms with Crippen molar-refractivity contribution in [3.05, 3.63) is 36.4 Å². The molecule has 0 fully saturated rings. The van der Waals surface area contributed by atoms with Crippen LogP contribution < -0.4 is 4.74 Å². The summed E-state index contributed by atoms with van der Waals surface area (Å²) in [6.07, 6.45) is 4.90. The first kappa shape index (κ1) is 10.6. The van der Waals surface area contributed by atoms with Crippen LogP contribution in [0.25, 0.3) is 5.95 Å². The molecule has 0 aliphatic carbocycles. The largest absolute Gasteiger partial charge is 0.459 e. The third-order valence-electron chi connectivity index (χ3n) is 1.62. The lowest BCUT2D eigenvalue weighted by atomic mass is 10.7. The molecule has 7 heteroatoms. The van der Waals surface area contributed by atoms with Crippen LogP contribution in [-0.4, -0.2) is 31.3 Å². The topological polar surface area (TPSA) is 65.7 Å². The highest BCUT2D eigenvalue weighted by Crippen LogP contribution is 2.10. The third-order valence-corrected chi connectivity index (χ3v) is 1.78. The molecule has 6 nitrogen and oxygen atoms in total. The fraction of sp³-hybridized carbons (Fsp3) is 0.111. The lowest BCUT2D eigenvalue weighted by Crippen LogP contribution is -2.06. The van der Waals surface area contributed by atoms with E-state index in [0.717, 1.165) is 0 Å². The van der Waals surface area contributed by atoms with E-state index in [1.54, 1.807) is 24.5 Å². The summed E-state index contributed by atoms with van der Waals surface area (Å²) in [6.45, 7) is 3.83. The van der Waals surface area contributed by atoms with E-state index in [4.69, 9.17) is 16.3 Å². The Morgan fingerprint density at radius 2 is 2.31 bits per heavy atom. The van der Waals surface area contributed by atoms with Crippen LogP contribution in [0, 0.1) is 0 Å². The van der Waals surface area contributed by atoms with Crippen molar-refractivity contribution in [2.24, 2.45) is 0 Å². The lowest BCUT2D eigenvalue weighted by molar-refractivity contribution is 0.331. The quantitative estimate of drug-likeness (QED) is 0.750. The maximum atomic E-state index is 5.74. The molecule has 2 rings (SSSR count). The molecule has 0 bridgehead atoms. The smallest absolute Gasteiger partial charge is 0.322 e. The van der Waals surface area contributed by atoms with Crippen LogP contribution >= 0.6 is 11.6 Å². The molecule has 2 aromatic heterocycles. The summed E-state index contributed by atoms with van der Waals surface area (Å²) < 4.78 is 6.64. The highest BCUT2D eigenvalue weighted by molar-refractivity contribution is 6.28. The minimum atomic E-state index is 0.0552. The Balaban J connectivity index is 2.32. The van der Waals surface area contributed by atoms with Crippen LogP contribution in [0.5, 0.6) is 6.01 Å². The van der Waals surface area contributed by atoms with Crippen molar-refractivity contribution in [2.45, 2.75) is 0 Å². The van der Waals surface area contributed by atoms with Gasteiger partial charge in [0.15, 0.2) is 0 Å². The first-order valence-electron chi connectivity index (χ1n) is 4.45. The fourth-order valence-corrected chi connectivity index (χ4v) is 1.16. The van der Waals surface area contributed by atoms with Crippen molar-refractivity contribution in [2.75, 3.05) is 6.61 Å². The van der Waals surface area contributed by atoms with Gasteiger partial charge in [0.1, 0.15) is 6.61 Å². The van der Waals surface area contributed by atoms with Gasteiger partial charge in [-0.2, -0.15) is 20.1 Å². The molecule has 0 unspecified atom stereocenters.